The number of fused-ring (bicyclic) bond motifs is 1. The van der Waals surface area contributed by atoms with Gasteiger partial charge in [0.2, 0.25) is 0 Å². The Morgan fingerprint density at radius 2 is 2.17 bits per heavy atom. The molecule has 0 radical (unpaired) electrons. The van der Waals surface area contributed by atoms with Gasteiger partial charge in [-0.05, 0) is 31.9 Å². The lowest BCUT2D eigenvalue weighted by molar-refractivity contribution is 0.0915. The Balaban J connectivity index is 0.00000132. The van der Waals surface area contributed by atoms with Gasteiger partial charge in [0.05, 0.1) is 11.3 Å². The lowest BCUT2D eigenvalue weighted by Crippen LogP contribution is -2.50. The molecule has 1 saturated heterocycles. The van der Waals surface area contributed by atoms with Crippen molar-refractivity contribution in [3.05, 3.63) is 23.5 Å². The number of carbonyl (C=O) groups excluding carboxylic acids is 1. The van der Waals surface area contributed by atoms with Gasteiger partial charge >= 0.3 is 0 Å². The highest BCUT2D eigenvalue weighted by Crippen LogP contribution is 2.17. The maximum absolute atomic E-state index is 12.4. The topological polar surface area (TPSA) is 71.8 Å². The van der Waals surface area contributed by atoms with Crippen LogP contribution in [0.25, 0.3) is 11.0 Å². The molecule has 2 aromatic rings. The number of hydrogen-bond donors (Lipinski definition) is 2. The monoisotopic (exact) mass is 359 g/mol. The van der Waals surface area contributed by atoms with Gasteiger partial charge in [0.15, 0.2) is 5.65 Å². The van der Waals surface area contributed by atoms with E-state index in [1.54, 1.807) is 10.9 Å². The first-order valence-corrected chi connectivity index (χ1v) is 7.37. The van der Waals surface area contributed by atoms with Crippen molar-refractivity contribution in [3.8, 4) is 0 Å². The van der Waals surface area contributed by atoms with E-state index >= 15 is 0 Å². The van der Waals surface area contributed by atoms with Crippen LogP contribution in [0.5, 0.6) is 0 Å². The summed E-state index contributed by atoms with van der Waals surface area (Å²) in [6.07, 6.45) is 2.71. The lowest BCUT2D eigenvalue weighted by Gasteiger charge is -2.30. The zero-order valence-electron chi connectivity index (χ0n) is 13.5. The van der Waals surface area contributed by atoms with Crippen LogP contribution >= 0.6 is 24.8 Å². The summed E-state index contributed by atoms with van der Waals surface area (Å²) in [5, 5.41) is 11.7. The minimum absolute atomic E-state index is 0. The summed E-state index contributed by atoms with van der Waals surface area (Å²) < 4.78 is 1.74. The van der Waals surface area contributed by atoms with Gasteiger partial charge in [-0.3, -0.25) is 9.48 Å². The number of rotatable bonds is 2. The Hall–Kier alpha value is -1.37. The fraction of sp³-hybridized carbons (Fsp3) is 0.533. The van der Waals surface area contributed by atoms with Gasteiger partial charge in [-0.1, -0.05) is 6.92 Å². The van der Waals surface area contributed by atoms with Crippen LogP contribution in [0.15, 0.2) is 12.3 Å². The van der Waals surface area contributed by atoms with Crippen LogP contribution in [-0.4, -0.2) is 39.8 Å². The number of hydrogen-bond acceptors (Lipinski definition) is 4. The van der Waals surface area contributed by atoms with E-state index in [4.69, 9.17) is 0 Å². The van der Waals surface area contributed by atoms with Gasteiger partial charge in [-0.2, -0.15) is 5.10 Å². The average molecular weight is 360 g/mol. The van der Waals surface area contributed by atoms with Crippen molar-refractivity contribution in [1.82, 2.24) is 25.4 Å². The van der Waals surface area contributed by atoms with E-state index in [2.05, 4.69) is 27.6 Å². The molecule has 1 aliphatic heterocycles. The zero-order valence-corrected chi connectivity index (χ0v) is 15.1. The highest BCUT2D eigenvalue weighted by atomic mass is 35.5. The van der Waals surface area contributed by atoms with Crippen molar-refractivity contribution in [1.29, 1.82) is 0 Å². The fourth-order valence-corrected chi connectivity index (χ4v) is 2.87. The molecule has 1 amide bonds. The number of nitrogens with zero attached hydrogens (tertiary/aromatic N) is 3. The summed E-state index contributed by atoms with van der Waals surface area (Å²) in [4.78, 5) is 16.8. The van der Waals surface area contributed by atoms with Crippen molar-refractivity contribution in [3.63, 3.8) is 0 Å². The molecule has 8 heteroatoms. The molecule has 0 bridgehead atoms. The first-order chi connectivity index (χ1) is 10.1. The molecule has 0 aromatic carbocycles. The summed E-state index contributed by atoms with van der Waals surface area (Å²) in [5.41, 5.74) is 2.29. The normalized spacial score (nSPS) is 20.5. The van der Waals surface area contributed by atoms with Gasteiger partial charge < -0.3 is 10.6 Å². The molecule has 128 valence electrons. The summed E-state index contributed by atoms with van der Waals surface area (Å²) >= 11 is 0. The van der Waals surface area contributed by atoms with E-state index in [1.165, 1.54) is 0 Å². The Morgan fingerprint density at radius 3 is 2.87 bits per heavy atom. The first kappa shape index (κ1) is 19.7. The maximum atomic E-state index is 12.4. The smallest absolute Gasteiger partial charge is 0.253 e. The number of aryl methyl sites for hydroxylation is 2. The van der Waals surface area contributed by atoms with E-state index in [1.807, 2.05) is 20.0 Å². The standard InChI is InChI=1S/C15H21N5O.2ClH/c1-9-4-5-16-8-13(9)18-15(21)11-6-12-10(2)19-20(3)14(12)17-7-11;;/h6-7,9,13,16H,4-5,8H2,1-3H3,(H,18,21);2*1H. The molecular formula is C15H23Cl2N5O. The van der Waals surface area contributed by atoms with Crippen molar-refractivity contribution in [2.24, 2.45) is 13.0 Å². The van der Waals surface area contributed by atoms with Gasteiger partial charge in [-0.15, -0.1) is 24.8 Å². The van der Waals surface area contributed by atoms with Gasteiger partial charge in [0, 0.05) is 31.2 Å². The molecule has 6 nitrogen and oxygen atoms in total. The van der Waals surface area contributed by atoms with Crippen molar-refractivity contribution < 1.29 is 4.79 Å². The van der Waals surface area contributed by atoms with Crippen molar-refractivity contribution >= 4 is 41.8 Å². The quantitative estimate of drug-likeness (QED) is 0.858. The number of pyridine rings is 1. The molecule has 3 heterocycles. The van der Waals surface area contributed by atoms with E-state index in [0.29, 0.717) is 11.5 Å². The maximum Gasteiger partial charge on any atom is 0.253 e. The molecule has 0 aliphatic carbocycles. The highest BCUT2D eigenvalue weighted by molar-refractivity contribution is 5.97. The van der Waals surface area contributed by atoms with Gasteiger partial charge in [0.1, 0.15) is 0 Å². The molecule has 23 heavy (non-hydrogen) atoms. The largest absolute Gasteiger partial charge is 0.348 e. The Kier molecular flexibility index (Phi) is 6.80. The minimum Gasteiger partial charge on any atom is -0.348 e. The summed E-state index contributed by atoms with van der Waals surface area (Å²) in [5.74, 6) is 0.431. The van der Waals surface area contributed by atoms with E-state index in [0.717, 1.165) is 36.2 Å². The van der Waals surface area contributed by atoms with Crippen LogP contribution in [0.2, 0.25) is 0 Å². The Bertz CT molecular complexity index is 688. The molecule has 2 atom stereocenters. The molecule has 1 fully saturated rings. The third-order valence-electron chi connectivity index (χ3n) is 4.27. The van der Waals surface area contributed by atoms with Crippen LogP contribution < -0.4 is 10.6 Å². The Labute approximate surface area is 148 Å². The SMILES string of the molecule is Cc1nn(C)c2ncc(C(=O)NC3CNCCC3C)cc12.Cl.Cl. The van der Waals surface area contributed by atoms with Crippen LogP contribution in [0.4, 0.5) is 0 Å². The van der Waals surface area contributed by atoms with Crippen molar-refractivity contribution in [2.75, 3.05) is 13.1 Å². The second-order valence-electron chi connectivity index (χ2n) is 5.85. The first-order valence-electron chi connectivity index (χ1n) is 7.37. The van der Waals surface area contributed by atoms with E-state index < -0.39 is 0 Å². The van der Waals surface area contributed by atoms with Crippen molar-refractivity contribution in [2.45, 2.75) is 26.3 Å². The molecular weight excluding hydrogens is 337 g/mol. The fourth-order valence-electron chi connectivity index (χ4n) is 2.87. The summed E-state index contributed by atoms with van der Waals surface area (Å²) in [6.45, 7) is 5.96. The second-order valence-corrected chi connectivity index (χ2v) is 5.85. The number of amides is 1. The molecule has 2 N–H and O–H groups in total. The number of nitrogens with one attached hydrogen (secondary N) is 2. The third kappa shape index (κ3) is 3.94. The predicted molar refractivity (Wildman–Crippen MR) is 95.6 cm³/mol. The van der Waals surface area contributed by atoms with Crippen LogP contribution in [0.3, 0.4) is 0 Å². The zero-order chi connectivity index (χ0) is 15.0. The van der Waals surface area contributed by atoms with E-state index in [9.17, 15) is 4.79 Å². The number of halogens is 2. The highest BCUT2D eigenvalue weighted by Gasteiger charge is 2.23. The molecule has 0 spiro atoms. The van der Waals surface area contributed by atoms with Gasteiger partial charge in [0.25, 0.3) is 5.91 Å². The lowest BCUT2D eigenvalue weighted by atomic mass is 9.94. The minimum atomic E-state index is -0.0618. The number of aromatic nitrogens is 3. The molecule has 1 aliphatic rings. The number of piperidine rings is 1. The molecule has 2 aromatic heterocycles. The van der Waals surface area contributed by atoms with Crippen LogP contribution in [0.1, 0.15) is 29.4 Å². The third-order valence-corrected chi connectivity index (χ3v) is 4.27. The predicted octanol–water partition coefficient (Wildman–Crippen LogP) is 1.85. The molecule has 2 unspecified atom stereocenters. The molecule has 0 saturated carbocycles. The summed E-state index contributed by atoms with van der Waals surface area (Å²) in [7, 11) is 1.86. The van der Waals surface area contributed by atoms with E-state index in [-0.39, 0.29) is 36.8 Å². The summed E-state index contributed by atoms with van der Waals surface area (Å²) in [6, 6.07) is 2.05. The second kappa shape index (κ2) is 7.95. The Morgan fingerprint density at radius 1 is 1.43 bits per heavy atom. The van der Waals surface area contributed by atoms with Gasteiger partial charge in [-0.25, -0.2) is 4.98 Å². The number of carbonyl (C=O) groups is 1. The molecule has 3 rings (SSSR count). The average Bonchev–Trinajstić information content (AvgIpc) is 2.76. The van der Waals surface area contributed by atoms with Crippen LogP contribution in [0, 0.1) is 12.8 Å². The van der Waals surface area contributed by atoms with Crippen LogP contribution in [-0.2, 0) is 7.05 Å².